The number of anilines is 3. The molecule has 7 heteroatoms. The second kappa shape index (κ2) is 8.75. The molecule has 0 bridgehead atoms. The third-order valence-corrected chi connectivity index (χ3v) is 5.13. The van der Waals surface area contributed by atoms with Gasteiger partial charge in [-0.2, -0.15) is 0 Å². The summed E-state index contributed by atoms with van der Waals surface area (Å²) in [6.45, 7) is 0. The number of halogens is 1. The van der Waals surface area contributed by atoms with Crippen LogP contribution in [0.4, 0.5) is 20.9 Å². The summed E-state index contributed by atoms with van der Waals surface area (Å²) in [6, 6.07) is 20.6. The van der Waals surface area contributed by atoms with Crippen molar-refractivity contribution in [2.45, 2.75) is 0 Å². The predicted molar refractivity (Wildman–Crippen MR) is 118 cm³/mol. The van der Waals surface area contributed by atoms with E-state index in [4.69, 9.17) is 4.74 Å². The van der Waals surface area contributed by atoms with Gasteiger partial charge in [-0.1, -0.05) is 18.2 Å². The Bertz CT molecular complexity index is 1160. The summed E-state index contributed by atoms with van der Waals surface area (Å²) in [7, 11) is 1.58. The van der Waals surface area contributed by atoms with Gasteiger partial charge >= 0.3 is 0 Å². The first-order chi connectivity index (χ1) is 14.6. The van der Waals surface area contributed by atoms with Gasteiger partial charge < -0.3 is 15.4 Å². The highest BCUT2D eigenvalue weighted by molar-refractivity contribution is 7.14. The zero-order valence-corrected chi connectivity index (χ0v) is 16.9. The maximum Gasteiger partial charge on any atom is 0.255 e. The lowest BCUT2D eigenvalue weighted by atomic mass is 10.1. The molecule has 0 fully saturated rings. The second-order valence-corrected chi connectivity index (χ2v) is 7.29. The van der Waals surface area contributed by atoms with Gasteiger partial charge in [0, 0.05) is 27.9 Å². The molecule has 0 radical (unpaired) electrons. The molecule has 0 saturated heterocycles. The first-order valence-electron chi connectivity index (χ1n) is 9.15. The van der Waals surface area contributed by atoms with Gasteiger partial charge in [-0.3, -0.25) is 4.79 Å². The van der Waals surface area contributed by atoms with Gasteiger partial charge in [0.15, 0.2) is 5.13 Å². The van der Waals surface area contributed by atoms with E-state index in [2.05, 4.69) is 15.6 Å². The molecule has 1 heterocycles. The lowest BCUT2D eigenvalue weighted by molar-refractivity contribution is 0.102. The average Bonchev–Trinajstić information content (AvgIpc) is 3.23. The molecule has 0 aliphatic rings. The average molecular weight is 419 g/mol. The molecule has 0 spiro atoms. The van der Waals surface area contributed by atoms with Crippen molar-refractivity contribution in [1.82, 2.24) is 4.98 Å². The van der Waals surface area contributed by atoms with Crippen molar-refractivity contribution in [3.05, 3.63) is 89.6 Å². The number of carbonyl (C=O) groups excluding carboxylic acids is 1. The Morgan fingerprint density at radius 2 is 1.77 bits per heavy atom. The molecule has 1 aromatic heterocycles. The van der Waals surface area contributed by atoms with Crippen LogP contribution in [-0.2, 0) is 0 Å². The van der Waals surface area contributed by atoms with E-state index in [1.54, 1.807) is 43.5 Å². The van der Waals surface area contributed by atoms with Crippen molar-refractivity contribution in [2.75, 3.05) is 17.7 Å². The number of aromatic nitrogens is 1. The quantitative estimate of drug-likeness (QED) is 0.405. The summed E-state index contributed by atoms with van der Waals surface area (Å²) in [5.74, 6) is 0.204. The lowest BCUT2D eigenvalue weighted by Crippen LogP contribution is -2.11. The van der Waals surface area contributed by atoms with E-state index in [1.165, 1.54) is 23.5 Å². The topological polar surface area (TPSA) is 63.2 Å². The second-order valence-electron chi connectivity index (χ2n) is 6.43. The van der Waals surface area contributed by atoms with Crippen LogP contribution in [0.5, 0.6) is 5.75 Å². The zero-order valence-electron chi connectivity index (χ0n) is 16.1. The number of benzene rings is 3. The molecule has 4 aromatic rings. The first kappa shape index (κ1) is 19.6. The summed E-state index contributed by atoms with van der Waals surface area (Å²) in [5.41, 5.74) is 3.60. The SMILES string of the molecule is COc1ccc(C(=O)Nc2ccc(-c3csc(Nc4cccc(F)c4)n3)cc2)cc1. The Morgan fingerprint density at radius 3 is 2.47 bits per heavy atom. The van der Waals surface area contributed by atoms with Crippen LogP contribution in [0.2, 0.25) is 0 Å². The number of methoxy groups -OCH3 is 1. The molecule has 0 aliphatic carbocycles. The van der Waals surface area contributed by atoms with Crippen LogP contribution in [-0.4, -0.2) is 18.0 Å². The number of nitrogens with one attached hydrogen (secondary N) is 2. The van der Waals surface area contributed by atoms with E-state index in [-0.39, 0.29) is 11.7 Å². The standard InChI is InChI=1S/C23H18FN3O2S/c1-29-20-11-7-16(8-12-20)22(28)25-18-9-5-15(6-10-18)21-14-30-23(27-21)26-19-4-2-3-17(24)13-19/h2-14H,1H3,(H,25,28)(H,26,27). The van der Waals surface area contributed by atoms with Gasteiger partial charge in [-0.15, -0.1) is 11.3 Å². The van der Waals surface area contributed by atoms with Crippen LogP contribution in [0.1, 0.15) is 10.4 Å². The van der Waals surface area contributed by atoms with Gasteiger partial charge in [-0.05, 0) is 54.6 Å². The molecule has 1 amide bonds. The Labute approximate surface area is 177 Å². The Morgan fingerprint density at radius 1 is 1.00 bits per heavy atom. The van der Waals surface area contributed by atoms with E-state index in [0.717, 1.165) is 11.3 Å². The predicted octanol–water partition coefficient (Wildman–Crippen LogP) is 5.95. The van der Waals surface area contributed by atoms with Gasteiger partial charge in [0.05, 0.1) is 12.8 Å². The van der Waals surface area contributed by atoms with E-state index < -0.39 is 0 Å². The van der Waals surface area contributed by atoms with Crippen molar-refractivity contribution in [3.63, 3.8) is 0 Å². The van der Waals surface area contributed by atoms with Crippen molar-refractivity contribution < 1.29 is 13.9 Å². The number of nitrogens with zero attached hydrogens (tertiary/aromatic N) is 1. The number of rotatable bonds is 6. The summed E-state index contributed by atoms with van der Waals surface area (Å²) in [5, 5.41) is 8.57. The van der Waals surface area contributed by atoms with Crippen molar-refractivity contribution >= 4 is 33.8 Å². The van der Waals surface area contributed by atoms with E-state index in [1.807, 2.05) is 29.6 Å². The minimum Gasteiger partial charge on any atom is -0.497 e. The van der Waals surface area contributed by atoms with E-state index >= 15 is 0 Å². The lowest BCUT2D eigenvalue weighted by Gasteiger charge is -2.07. The van der Waals surface area contributed by atoms with Crippen LogP contribution in [0.15, 0.2) is 78.2 Å². The maximum absolute atomic E-state index is 13.3. The van der Waals surface area contributed by atoms with Crippen LogP contribution >= 0.6 is 11.3 Å². The normalized spacial score (nSPS) is 10.5. The van der Waals surface area contributed by atoms with Crippen molar-refractivity contribution in [2.24, 2.45) is 0 Å². The summed E-state index contributed by atoms with van der Waals surface area (Å²) in [4.78, 5) is 16.9. The Hall–Kier alpha value is -3.71. The van der Waals surface area contributed by atoms with Crippen molar-refractivity contribution in [3.8, 4) is 17.0 Å². The minimum atomic E-state index is -0.302. The number of amides is 1. The molecule has 30 heavy (non-hydrogen) atoms. The molecule has 0 aliphatic heterocycles. The summed E-state index contributed by atoms with van der Waals surface area (Å²) >= 11 is 1.44. The van der Waals surface area contributed by atoms with Crippen LogP contribution < -0.4 is 15.4 Å². The Balaban J connectivity index is 1.42. The van der Waals surface area contributed by atoms with Gasteiger partial charge in [-0.25, -0.2) is 9.37 Å². The molecular weight excluding hydrogens is 401 g/mol. The molecule has 0 unspecified atom stereocenters. The van der Waals surface area contributed by atoms with Gasteiger partial charge in [0.25, 0.3) is 5.91 Å². The highest BCUT2D eigenvalue weighted by Gasteiger charge is 2.08. The number of hydrogen-bond acceptors (Lipinski definition) is 5. The van der Waals surface area contributed by atoms with Crippen LogP contribution in [0, 0.1) is 5.82 Å². The third kappa shape index (κ3) is 4.64. The number of carbonyl (C=O) groups is 1. The smallest absolute Gasteiger partial charge is 0.255 e. The third-order valence-electron chi connectivity index (χ3n) is 4.37. The molecule has 3 aromatic carbocycles. The number of ether oxygens (including phenoxy) is 1. The maximum atomic E-state index is 13.3. The largest absolute Gasteiger partial charge is 0.497 e. The summed E-state index contributed by atoms with van der Waals surface area (Å²) < 4.78 is 18.4. The molecule has 2 N–H and O–H groups in total. The number of hydrogen-bond donors (Lipinski definition) is 2. The van der Waals surface area contributed by atoms with Crippen LogP contribution in [0.25, 0.3) is 11.3 Å². The molecular formula is C23H18FN3O2S. The summed E-state index contributed by atoms with van der Waals surface area (Å²) in [6.07, 6.45) is 0. The van der Waals surface area contributed by atoms with Gasteiger partial charge in [0.1, 0.15) is 11.6 Å². The van der Waals surface area contributed by atoms with E-state index in [0.29, 0.717) is 27.8 Å². The van der Waals surface area contributed by atoms with Crippen molar-refractivity contribution in [1.29, 1.82) is 0 Å². The Kier molecular flexibility index (Phi) is 5.72. The molecule has 150 valence electrons. The number of thiazole rings is 1. The van der Waals surface area contributed by atoms with Crippen LogP contribution in [0.3, 0.4) is 0 Å². The molecule has 0 saturated carbocycles. The van der Waals surface area contributed by atoms with E-state index in [9.17, 15) is 9.18 Å². The fourth-order valence-corrected chi connectivity index (χ4v) is 3.56. The first-order valence-corrected chi connectivity index (χ1v) is 10.0. The molecule has 0 atom stereocenters. The highest BCUT2D eigenvalue weighted by Crippen LogP contribution is 2.28. The molecule has 5 nitrogen and oxygen atoms in total. The zero-order chi connectivity index (χ0) is 20.9. The fraction of sp³-hybridized carbons (Fsp3) is 0.0435. The highest BCUT2D eigenvalue weighted by atomic mass is 32.1. The minimum absolute atomic E-state index is 0.194. The fourth-order valence-electron chi connectivity index (χ4n) is 2.82. The monoisotopic (exact) mass is 419 g/mol. The molecule has 4 rings (SSSR count). The van der Waals surface area contributed by atoms with Gasteiger partial charge in [0.2, 0.25) is 0 Å².